The fourth-order valence-corrected chi connectivity index (χ4v) is 5.90. The van der Waals surface area contributed by atoms with Crippen LogP contribution in [0.25, 0.3) is 0 Å². The number of carbonyl (C=O) groups is 1. The van der Waals surface area contributed by atoms with E-state index in [1.54, 1.807) is 16.2 Å². The van der Waals surface area contributed by atoms with Crippen molar-refractivity contribution in [3.63, 3.8) is 0 Å². The van der Waals surface area contributed by atoms with Gasteiger partial charge in [0.2, 0.25) is 0 Å². The number of rotatable bonds is 5. The zero-order valence-corrected chi connectivity index (χ0v) is 15.5. The molecule has 0 aliphatic carbocycles. The summed E-state index contributed by atoms with van der Waals surface area (Å²) >= 11 is 1.61. The van der Waals surface area contributed by atoms with Gasteiger partial charge in [0.25, 0.3) is 0 Å². The van der Waals surface area contributed by atoms with E-state index in [-0.39, 0.29) is 23.6 Å². The number of nitrogens with one attached hydrogen (secondary N) is 1. The predicted octanol–water partition coefficient (Wildman–Crippen LogP) is 1.46. The van der Waals surface area contributed by atoms with E-state index in [0.717, 1.165) is 23.9 Å². The van der Waals surface area contributed by atoms with Crippen molar-refractivity contribution in [2.24, 2.45) is 0 Å². The Morgan fingerprint density at radius 3 is 2.83 bits per heavy atom. The first-order valence-corrected chi connectivity index (χ1v) is 11.1. The number of carbonyl (C=O) groups excluding carboxylic acids is 1. The highest BCUT2D eigenvalue weighted by molar-refractivity contribution is 7.91. The molecule has 9 heteroatoms. The summed E-state index contributed by atoms with van der Waals surface area (Å²) in [5, 5.41) is 5.87. The summed E-state index contributed by atoms with van der Waals surface area (Å²) in [6.45, 7) is 4.86. The summed E-state index contributed by atoms with van der Waals surface area (Å²) in [4.78, 5) is 20.9. The molecule has 24 heavy (non-hydrogen) atoms. The van der Waals surface area contributed by atoms with Crippen molar-refractivity contribution in [3.8, 4) is 0 Å². The maximum absolute atomic E-state index is 12.4. The first-order valence-electron chi connectivity index (χ1n) is 8.43. The smallest absolute Gasteiger partial charge is 0.317 e. The Balaban J connectivity index is 1.54. The molecular formula is C15H24N4O3S2. The topological polar surface area (TPSA) is 82.6 Å². The fraction of sp³-hybridized carbons (Fsp3) is 0.733. The van der Waals surface area contributed by atoms with Crippen LogP contribution in [0.15, 0.2) is 5.38 Å². The van der Waals surface area contributed by atoms with Crippen LogP contribution >= 0.6 is 11.3 Å². The van der Waals surface area contributed by atoms with Crippen molar-refractivity contribution in [2.45, 2.75) is 38.8 Å². The lowest BCUT2D eigenvalue weighted by atomic mass is 10.2. The quantitative estimate of drug-likeness (QED) is 0.846. The van der Waals surface area contributed by atoms with Crippen molar-refractivity contribution < 1.29 is 13.2 Å². The lowest BCUT2D eigenvalue weighted by Crippen LogP contribution is -2.46. The molecule has 3 heterocycles. The van der Waals surface area contributed by atoms with Crippen LogP contribution in [0.5, 0.6) is 0 Å². The van der Waals surface area contributed by atoms with Crippen LogP contribution in [-0.2, 0) is 16.4 Å². The molecule has 1 atom stereocenters. The van der Waals surface area contributed by atoms with E-state index in [0.29, 0.717) is 19.5 Å². The number of urea groups is 1. The summed E-state index contributed by atoms with van der Waals surface area (Å²) in [5.74, 6) is 0.247. The van der Waals surface area contributed by atoms with Crippen molar-refractivity contribution in [3.05, 3.63) is 11.1 Å². The van der Waals surface area contributed by atoms with E-state index < -0.39 is 9.84 Å². The normalized spacial score (nSPS) is 22.7. The maximum atomic E-state index is 12.4. The Labute approximate surface area is 147 Å². The highest BCUT2D eigenvalue weighted by atomic mass is 32.2. The molecule has 0 aromatic carbocycles. The lowest BCUT2D eigenvalue weighted by Gasteiger charge is -2.26. The Kier molecular flexibility index (Phi) is 5.29. The molecule has 1 aromatic heterocycles. The number of anilines is 1. The molecule has 2 aliphatic heterocycles. The number of thiazole rings is 1. The van der Waals surface area contributed by atoms with Gasteiger partial charge in [0.05, 0.1) is 23.7 Å². The molecular weight excluding hydrogens is 348 g/mol. The Hall–Kier alpha value is -1.35. The SMILES string of the molecule is CCN(C(=O)NCc1csc(N2CCCC2)n1)C1CCS(=O)(=O)C1. The standard InChI is InChI=1S/C15H24N4O3S2/c1-2-19(13-5-8-24(21,22)11-13)14(20)16-9-12-10-23-15(17-12)18-6-3-4-7-18/h10,13H,2-9,11H2,1H3,(H,16,20). The Bertz CT molecular complexity index is 683. The van der Waals surface area contributed by atoms with Crippen molar-refractivity contribution >= 4 is 32.3 Å². The molecule has 1 unspecified atom stereocenters. The minimum atomic E-state index is -3.00. The third kappa shape index (κ3) is 4.00. The molecule has 3 rings (SSSR count). The van der Waals surface area contributed by atoms with Gasteiger partial charge in [-0.3, -0.25) is 0 Å². The fourth-order valence-electron chi connectivity index (χ4n) is 3.29. The third-order valence-corrected chi connectivity index (χ3v) is 7.29. The van der Waals surface area contributed by atoms with Crippen molar-refractivity contribution in [1.29, 1.82) is 0 Å². The zero-order valence-electron chi connectivity index (χ0n) is 13.9. The molecule has 1 N–H and O–H groups in total. The second-order valence-electron chi connectivity index (χ2n) is 6.32. The van der Waals surface area contributed by atoms with Crippen LogP contribution in [0, 0.1) is 0 Å². The van der Waals surface area contributed by atoms with Gasteiger partial charge in [-0.25, -0.2) is 18.2 Å². The van der Waals surface area contributed by atoms with Crippen LogP contribution in [0.3, 0.4) is 0 Å². The first-order chi connectivity index (χ1) is 11.5. The molecule has 2 aliphatic rings. The lowest BCUT2D eigenvalue weighted by molar-refractivity contribution is 0.183. The van der Waals surface area contributed by atoms with Gasteiger partial charge in [0.15, 0.2) is 15.0 Å². The average molecular weight is 373 g/mol. The van der Waals surface area contributed by atoms with Crippen molar-refractivity contribution in [2.75, 3.05) is 36.0 Å². The van der Waals surface area contributed by atoms with Gasteiger partial charge in [-0.1, -0.05) is 0 Å². The molecule has 134 valence electrons. The molecule has 1 aromatic rings. The number of hydrogen-bond donors (Lipinski definition) is 1. The van der Waals surface area contributed by atoms with E-state index in [2.05, 4.69) is 15.2 Å². The van der Waals surface area contributed by atoms with Gasteiger partial charge in [0, 0.05) is 31.1 Å². The van der Waals surface area contributed by atoms with Gasteiger partial charge in [-0.15, -0.1) is 11.3 Å². The Morgan fingerprint density at radius 2 is 2.21 bits per heavy atom. The van der Waals surface area contributed by atoms with Crippen LogP contribution in [0.2, 0.25) is 0 Å². The largest absolute Gasteiger partial charge is 0.348 e. The second kappa shape index (κ2) is 7.26. The van der Waals surface area contributed by atoms with Crippen LogP contribution in [0.1, 0.15) is 31.9 Å². The number of amides is 2. The predicted molar refractivity (Wildman–Crippen MR) is 95.2 cm³/mol. The summed E-state index contributed by atoms with van der Waals surface area (Å²) < 4.78 is 23.2. The van der Waals surface area contributed by atoms with Crippen LogP contribution in [0.4, 0.5) is 9.93 Å². The summed E-state index contributed by atoms with van der Waals surface area (Å²) in [6.07, 6.45) is 2.95. The summed E-state index contributed by atoms with van der Waals surface area (Å²) in [6, 6.07) is -0.425. The zero-order chi connectivity index (χ0) is 17.2. The molecule has 0 radical (unpaired) electrons. The maximum Gasteiger partial charge on any atom is 0.317 e. The van der Waals surface area contributed by atoms with Crippen molar-refractivity contribution in [1.82, 2.24) is 15.2 Å². The highest BCUT2D eigenvalue weighted by Crippen LogP contribution is 2.24. The summed E-state index contributed by atoms with van der Waals surface area (Å²) in [7, 11) is -3.00. The molecule has 0 bridgehead atoms. The van der Waals surface area contributed by atoms with E-state index in [9.17, 15) is 13.2 Å². The average Bonchev–Trinajstić information content (AvgIpc) is 3.26. The minimum Gasteiger partial charge on any atom is -0.348 e. The van der Waals surface area contributed by atoms with E-state index >= 15 is 0 Å². The minimum absolute atomic E-state index is 0.0735. The molecule has 0 spiro atoms. The Morgan fingerprint density at radius 1 is 1.46 bits per heavy atom. The van der Waals surface area contributed by atoms with E-state index in [1.807, 2.05) is 12.3 Å². The molecule has 0 saturated carbocycles. The van der Waals surface area contributed by atoms with Crippen LogP contribution in [-0.4, -0.2) is 61.5 Å². The number of sulfone groups is 1. The van der Waals surface area contributed by atoms with Gasteiger partial charge in [0.1, 0.15) is 0 Å². The number of hydrogen-bond acceptors (Lipinski definition) is 6. The van der Waals surface area contributed by atoms with Gasteiger partial charge >= 0.3 is 6.03 Å². The molecule has 7 nitrogen and oxygen atoms in total. The molecule has 2 saturated heterocycles. The third-order valence-electron chi connectivity index (χ3n) is 4.59. The first kappa shape index (κ1) is 17.5. The van der Waals surface area contributed by atoms with Gasteiger partial charge in [-0.05, 0) is 26.2 Å². The number of aromatic nitrogens is 1. The summed E-state index contributed by atoms with van der Waals surface area (Å²) in [5.41, 5.74) is 0.852. The molecule has 2 fully saturated rings. The van der Waals surface area contributed by atoms with E-state index in [1.165, 1.54) is 12.8 Å². The number of nitrogens with zero attached hydrogens (tertiary/aromatic N) is 3. The van der Waals surface area contributed by atoms with E-state index in [4.69, 9.17) is 0 Å². The van der Waals surface area contributed by atoms with Gasteiger partial charge in [-0.2, -0.15) is 0 Å². The second-order valence-corrected chi connectivity index (χ2v) is 9.38. The van der Waals surface area contributed by atoms with Gasteiger partial charge < -0.3 is 15.1 Å². The monoisotopic (exact) mass is 372 g/mol. The van der Waals surface area contributed by atoms with Crippen LogP contribution < -0.4 is 10.2 Å². The highest BCUT2D eigenvalue weighted by Gasteiger charge is 2.33. The molecule has 2 amide bonds.